The summed E-state index contributed by atoms with van der Waals surface area (Å²) in [6.07, 6.45) is 2.08. The van der Waals surface area contributed by atoms with Crippen molar-refractivity contribution in [3.05, 3.63) is 71.8 Å². The van der Waals surface area contributed by atoms with Crippen molar-refractivity contribution in [2.24, 2.45) is 23.1 Å². The molecule has 0 heterocycles. The predicted molar refractivity (Wildman–Crippen MR) is 197 cm³/mol. The molecule has 2 rings (SSSR count). The second-order valence-electron chi connectivity index (χ2n) is 13.1. The quantitative estimate of drug-likeness (QED) is 0.0653. The number of nitrogens with one attached hydrogen (secondary N) is 5. The predicted octanol–water partition coefficient (Wildman–Crippen LogP) is -0.449. The first-order chi connectivity index (χ1) is 24.8. The highest BCUT2D eigenvalue weighted by atomic mass is 16.5. The van der Waals surface area contributed by atoms with E-state index in [2.05, 4.69) is 26.6 Å². The molecule has 0 aliphatic rings. The molecule has 0 radical (unpaired) electrons. The summed E-state index contributed by atoms with van der Waals surface area (Å²) in [4.78, 5) is 78.5. The second-order valence-corrected chi connectivity index (χ2v) is 13.1. The Morgan fingerprint density at radius 2 is 1.19 bits per heavy atom. The Bertz CT molecular complexity index is 1430. The molecule has 15 heteroatoms. The second kappa shape index (κ2) is 23.6. The van der Waals surface area contributed by atoms with Gasteiger partial charge in [0.05, 0.1) is 12.6 Å². The fourth-order valence-electron chi connectivity index (χ4n) is 5.37. The smallest absolute Gasteiger partial charge is 0.243 e. The lowest BCUT2D eigenvalue weighted by Crippen LogP contribution is -2.58. The molecular weight excluding hydrogens is 668 g/mol. The minimum atomic E-state index is -1.14. The first kappa shape index (κ1) is 43.3. The average molecular weight is 725 g/mol. The van der Waals surface area contributed by atoms with Crippen LogP contribution in [0.4, 0.5) is 0 Å². The van der Waals surface area contributed by atoms with Crippen LogP contribution in [-0.2, 0) is 46.3 Å². The molecule has 52 heavy (non-hydrogen) atoms. The topological polar surface area (TPSA) is 250 Å². The number of methoxy groups -OCH3 is 1. The van der Waals surface area contributed by atoms with Gasteiger partial charge in [-0.15, -0.1) is 0 Å². The molecule has 5 atom stereocenters. The van der Waals surface area contributed by atoms with Gasteiger partial charge in [0, 0.05) is 26.6 Å². The molecule has 0 spiro atoms. The highest BCUT2D eigenvalue weighted by Crippen LogP contribution is 2.09. The van der Waals surface area contributed by atoms with Gasteiger partial charge in [-0.3, -0.25) is 28.8 Å². The third-order valence-electron chi connectivity index (χ3n) is 8.17. The van der Waals surface area contributed by atoms with Crippen molar-refractivity contribution in [2.75, 3.05) is 26.8 Å². The maximum absolute atomic E-state index is 13.8. The van der Waals surface area contributed by atoms with Crippen LogP contribution in [0, 0.1) is 5.92 Å². The third kappa shape index (κ3) is 16.4. The zero-order valence-electron chi connectivity index (χ0n) is 30.4. The zero-order chi connectivity index (χ0) is 38.5. The Morgan fingerprint density at radius 1 is 0.673 bits per heavy atom. The van der Waals surface area contributed by atoms with E-state index in [0.717, 1.165) is 11.1 Å². The normalized spacial score (nSPS) is 13.9. The summed E-state index contributed by atoms with van der Waals surface area (Å²) >= 11 is 0. The van der Waals surface area contributed by atoms with Gasteiger partial charge in [-0.1, -0.05) is 74.5 Å². The summed E-state index contributed by atoms with van der Waals surface area (Å²) in [5.41, 5.74) is 18.6. The van der Waals surface area contributed by atoms with Crippen LogP contribution in [0.3, 0.4) is 0 Å². The minimum absolute atomic E-state index is 0.00356. The first-order valence-corrected chi connectivity index (χ1v) is 17.6. The van der Waals surface area contributed by atoms with E-state index >= 15 is 0 Å². The minimum Gasteiger partial charge on any atom is -0.385 e. The molecule has 0 saturated carbocycles. The van der Waals surface area contributed by atoms with Crippen molar-refractivity contribution < 1.29 is 33.5 Å². The van der Waals surface area contributed by atoms with Crippen molar-refractivity contribution in [1.82, 2.24) is 26.6 Å². The van der Waals surface area contributed by atoms with E-state index in [-0.39, 0.29) is 31.6 Å². The molecule has 11 N–H and O–H groups in total. The lowest BCUT2D eigenvalue weighted by molar-refractivity contribution is -0.133. The van der Waals surface area contributed by atoms with Crippen molar-refractivity contribution in [1.29, 1.82) is 0 Å². The van der Waals surface area contributed by atoms with Crippen molar-refractivity contribution in [3.8, 4) is 0 Å². The molecule has 6 amide bonds. The van der Waals surface area contributed by atoms with Gasteiger partial charge in [0.1, 0.15) is 24.2 Å². The maximum Gasteiger partial charge on any atom is 0.243 e. The fraction of sp³-hybridized carbons (Fsp3) is 0.514. The lowest BCUT2D eigenvalue weighted by atomic mass is 10.0. The third-order valence-corrected chi connectivity index (χ3v) is 8.17. The molecule has 0 saturated heterocycles. The summed E-state index contributed by atoms with van der Waals surface area (Å²) in [6, 6.07) is 13.0. The fourth-order valence-corrected chi connectivity index (χ4v) is 5.37. The van der Waals surface area contributed by atoms with Gasteiger partial charge in [0.2, 0.25) is 35.4 Å². The monoisotopic (exact) mass is 724 g/mol. The van der Waals surface area contributed by atoms with Crippen LogP contribution < -0.4 is 43.8 Å². The maximum atomic E-state index is 13.8. The Balaban J connectivity index is 2.20. The van der Waals surface area contributed by atoms with Crippen LogP contribution in [0.25, 0.3) is 0 Å². The summed E-state index contributed by atoms with van der Waals surface area (Å²) in [7, 11) is 1.52. The van der Waals surface area contributed by atoms with Crippen LogP contribution in [0.5, 0.6) is 0 Å². The molecule has 286 valence electrons. The highest BCUT2D eigenvalue weighted by molar-refractivity contribution is 5.95. The molecule has 2 aromatic rings. The Morgan fingerprint density at radius 3 is 1.71 bits per heavy atom. The van der Waals surface area contributed by atoms with E-state index in [0.29, 0.717) is 32.4 Å². The molecule has 0 aliphatic carbocycles. The Labute approximate surface area is 305 Å². The largest absolute Gasteiger partial charge is 0.385 e. The van der Waals surface area contributed by atoms with Crippen molar-refractivity contribution in [3.63, 3.8) is 0 Å². The number of hydrogen-bond acceptors (Lipinski definition) is 9. The van der Waals surface area contributed by atoms with Gasteiger partial charge in [-0.25, -0.2) is 0 Å². The first-order valence-electron chi connectivity index (χ1n) is 17.6. The van der Waals surface area contributed by atoms with Crippen LogP contribution in [-0.4, -0.2) is 92.5 Å². The van der Waals surface area contributed by atoms with Gasteiger partial charge < -0.3 is 48.5 Å². The summed E-state index contributed by atoms with van der Waals surface area (Å²) < 4.78 is 5.01. The van der Waals surface area contributed by atoms with Crippen LogP contribution in [0.2, 0.25) is 0 Å². The Hall–Kier alpha value is -4.86. The summed E-state index contributed by atoms with van der Waals surface area (Å²) in [6.45, 7) is 3.98. The molecule has 0 bridgehead atoms. The van der Waals surface area contributed by atoms with E-state index in [9.17, 15) is 28.8 Å². The van der Waals surface area contributed by atoms with Gasteiger partial charge in [-0.2, -0.15) is 0 Å². The van der Waals surface area contributed by atoms with E-state index in [1.165, 1.54) is 7.11 Å². The molecular formula is C37H56N8O7. The van der Waals surface area contributed by atoms with Gasteiger partial charge in [0.15, 0.2) is 0 Å². The van der Waals surface area contributed by atoms with E-state index in [4.69, 9.17) is 21.9 Å². The SMILES string of the molecule is COCCC[C@H](NC(=O)[C@H](CC(C)C)NC(=O)CNC(=O)[C@H](Cc1ccccc1)NC(=O)[C@H](Cc1ccccc1)NC(=O)[C@@H](N)CCCN)C(N)=O. The number of carbonyl (C=O) groups excluding carboxylic acids is 6. The molecule has 15 nitrogen and oxygen atoms in total. The van der Waals surface area contributed by atoms with Gasteiger partial charge in [0.25, 0.3) is 0 Å². The molecule has 0 aromatic heterocycles. The molecule has 0 aliphatic heterocycles. The van der Waals surface area contributed by atoms with Crippen LogP contribution >= 0.6 is 0 Å². The number of benzene rings is 2. The standard InChI is InChI=1S/C37H56N8O7/c1-24(2)20-29(36(50)43-28(33(40)47)17-11-19-52-3)42-32(46)23-41-35(49)30(21-25-12-6-4-7-13-25)45-37(51)31(22-26-14-8-5-9-15-26)44-34(48)27(39)16-10-18-38/h4-9,12-15,24,27-31H,10-11,16-23,38-39H2,1-3H3,(H2,40,47)(H,41,49)(H,42,46)(H,43,50)(H,44,48)(H,45,51)/t27-,28-,29-,30-,31-/m0/s1. The van der Waals surface area contributed by atoms with Gasteiger partial charge >= 0.3 is 0 Å². The van der Waals surface area contributed by atoms with Crippen molar-refractivity contribution in [2.45, 2.75) is 89.0 Å². The number of primary amides is 1. The molecule has 2 aromatic carbocycles. The summed E-state index contributed by atoms with van der Waals surface area (Å²) in [5, 5.41) is 13.3. The Kier molecular flexibility index (Phi) is 19.6. The molecule has 0 fully saturated rings. The highest BCUT2D eigenvalue weighted by Gasteiger charge is 2.30. The average Bonchev–Trinajstić information content (AvgIpc) is 3.12. The number of amides is 6. The van der Waals surface area contributed by atoms with Gasteiger partial charge in [-0.05, 0) is 55.7 Å². The van der Waals surface area contributed by atoms with E-state index in [1.807, 2.05) is 50.2 Å². The summed E-state index contributed by atoms with van der Waals surface area (Å²) in [5.74, 6) is -3.76. The zero-order valence-corrected chi connectivity index (χ0v) is 30.4. The van der Waals surface area contributed by atoms with Crippen molar-refractivity contribution >= 4 is 35.4 Å². The number of rotatable bonds is 24. The van der Waals surface area contributed by atoms with E-state index < -0.39 is 72.2 Å². The number of carbonyl (C=O) groups is 6. The molecule has 0 unspecified atom stereocenters. The van der Waals surface area contributed by atoms with Crippen LogP contribution in [0.15, 0.2) is 60.7 Å². The lowest BCUT2D eigenvalue weighted by Gasteiger charge is -2.25. The van der Waals surface area contributed by atoms with Crippen LogP contribution in [0.1, 0.15) is 57.1 Å². The van der Waals surface area contributed by atoms with E-state index in [1.54, 1.807) is 24.3 Å². The number of hydrogen-bond donors (Lipinski definition) is 8. The number of nitrogens with two attached hydrogens (primary N) is 3. The number of ether oxygens (including phenoxy) is 1.